The standard InChI is InChI=1S/C15H15N3OS/c1-11-4-6-12(7-5-11)9-18-15(13(10-19)16-17-18)14-3-2-8-20-14/h2-8,19H,9-10H2,1H3. The van der Waals surface area contributed by atoms with Crippen LogP contribution in [0.2, 0.25) is 0 Å². The van der Waals surface area contributed by atoms with E-state index in [2.05, 4.69) is 41.5 Å². The van der Waals surface area contributed by atoms with Crippen molar-refractivity contribution >= 4 is 11.3 Å². The molecule has 0 amide bonds. The summed E-state index contributed by atoms with van der Waals surface area (Å²) in [4.78, 5) is 1.08. The topological polar surface area (TPSA) is 50.9 Å². The van der Waals surface area contributed by atoms with Crippen LogP contribution in [0.5, 0.6) is 0 Å². The van der Waals surface area contributed by atoms with Gasteiger partial charge in [-0.2, -0.15) is 0 Å². The third-order valence-electron chi connectivity index (χ3n) is 3.16. The predicted octanol–water partition coefficient (Wildman–Crippen LogP) is 2.86. The molecule has 0 atom stereocenters. The second kappa shape index (κ2) is 5.56. The molecule has 2 aromatic heterocycles. The third-order valence-corrected chi connectivity index (χ3v) is 4.04. The molecule has 102 valence electrons. The van der Waals surface area contributed by atoms with Gasteiger partial charge in [-0.15, -0.1) is 16.4 Å². The fraction of sp³-hybridized carbons (Fsp3) is 0.200. The summed E-state index contributed by atoms with van der Waals surface area (Å²) < 4.78 is 1.85. The molecule has 0 unspecified atom stereocenters. The van der Waals surface area contributed by atoms with Crippen molar-refractivity contribution < 1.29 is 5.11 Å². The molecule has 0 bridgehead atoms. The Morgan fingerprint density at radius 1 is 1.20 bits per heavy atom. The Hall–Kier alpha value is -1.98. The fourth-order valence-corrected chi connectivity index (χ4v) is 2.91. The van der Waals surface area contributed by atoms with E-state index in [1.807, 2.05) is 22.2 Å². The zero-order valence-electron chi connectivity index (χ0n) is 11.2. The van der Waals surface area contributed by atoms with E-state index in [9.17, 15) is 5.11 Å². The summed E-state index contributed by atoms with van der Waals surface area (Å²) in [6, 6.07) is 12.4. The Balaban J connectivity index is 1.98. The maximum absolute atomic E-state index is 9.42. The molecule has 3 rings (SSSR count). The summed E-state index contributed by atoms with van der Waals surface area (Å²) in [6.45, 7) is 2.63. The van der Waals surface area contributed by atoms with Crippen molar-refractivity contribution in [2.24, 2.45) is 0 Å². The first kappa shape index (κ1) is 13.0. The van der Waals surface area contributed by atoms with E-state index in [4.69, 9.17) is 0 Å². The molecule has 4 nitrogen and oxygen atoms in total. The van der Waals surface area contributed by atoms with Gasteiger partial charge in [-0.25, -0.2) is 4.68 Å². The van der Waals surface area contributed by atoms with Crippen LogP contribution in [-0.4, -0.2) is 20.1 Å². The molecule has 20 heavy (non-hydrogen) atoms. The van der Waals surface area contributed by atoms with Crippen molar-refractivity contribution in [1.29, 1.82) is 0 Å². The van der Waals surface area contributed by atoms with E-state index >= 15 is 0 Å². The number of aliphatic hydroxyl groups excluding tert-OH is 1. The van der Waals surface area contributed by atoms with Gasteiger partial charge in [-0.1, -0.05) is 41.1 Å². The highest BCUT2D eigenvalue weighted by atomic mass is 32.1. The van der Waals surface area contributed by atoms with Gasteiger partial charge >= 0.3 is 0 Å². The van der Waals surface area contributed by atoms with Crippen LogP contribution in [-0.2, 0) is 13.2 Å². The molecule has 0 aliphatic heterocycles. The first-order chi connectivity index (χ1) is 9.78. The smallest absolute Gasteiger partial charge is 0.117 e. The second-order valence-corrected chi connectivity index (χ2v) is 5.61. The van der Waals surface area contributed by atoms with Crippen molar-refractivity contribution in [3.63, 3.8) is 0 Å². The van der Waals surface area contributed by atoms with Crippen molar-refractivity contribution in [2.45, 2.75) is 20.1 Å². The number of thiophene rings is 1. The van der Waals surface area contributed by atoms with Crippen LogP contribution in [0.15, 0.2) is 41.8 Å². The van der Waals surface area contributed by atoms with Crippen molar-refractivity contribution in [2.75, 3.05) is 0 Å². The van der Waals surface area contributed by atoms with Gasteiger partial charge in [0.2, 0.25) is 0 Å². The van der Waals surface area contributed by atoms with E-state index in [1.165, 1.54) is 11.1 Å². The number of aryl methyl sites for hydroxylation is 1. The van der Waals surface area contributed by atoms with Gasteiger partial charge in [-0.05, 0) is 23.9 Å². The molecule has 0 aliphatic carbocycles. The lowest BCUT2D eigenvalue weighted by Gasteiger charge is -2.06. The zero-order chi connectivity index (χ0) is 13.9. The van der Waals surface area contributed by atoms with Crippen LogP contribution in [0.4, 0.5) is 0 Å². The van der Waals surface area contributed by atoms with Crippen molar-refractivity contribution in [3.05, 3.63) is 58.6 Å². The number of aromatic nitrogens is 3. The highest BCUT2D eigenvalue weighted by molar-refractivity contribution is 7.13. The van der Waals surface area contributed by atoms with E-state index < -0.39 is 0 Å². The molecular formula is C15H15N3OS. The van der Waals surface area contributed by atoms with Gasteiger partial charge in [0.25, 0.3) is 0 Å². The van der Waals surface area contributed by atoms with E-state index in [1.54, 1.807) is 11.3 Å². The molecule has 0 saturated carbocycles. The summed E-state index contributed by atoms with van der Waals surface area (Å²) in [5.74, 6) is 0. The maximum Gasteiger partial charge on any atom is 0.117 e. The molecule has 3 aromatic rings. The average molecular weight is 285 g/mol. The predicted molar refractivity (Wildman–Crippen MR) is 79.5 cm³/mol. The monoisotopic (exact) mass is 285 g/mol. The molecule has 5 heteroatoms. The number of aliphatic hydroxyl groups is 1. The summed E-state index contributed by atoms with van der Waals surface area (Å²) in [5, 5.41) is 19.7. The molecule has 1 N–H and O–H groups in total. The van der Waals surface area contributed by atoms with Gasteiger partial charge in [0, 0.05) is 0 Å². The maximum atomic E-state index is 9.42. The van der Waals surface area contributed by atoms with Gasteiger partial charge in [0.1, 0.15) is 11.4 Å². The van der Waals surface area contributed by atoms with E-state index in [0.29, 0.717) is 12.2 Å². The van der Waals surface area contributed by atoms with E-state index in [-0.39, 0.29) is 6.61 Å². The van der Waals surface area contributed by atoms with Gasteiger partial charge in [0.05, 0.1) is 18.0 Å². The first-order valence-electron chi connectivity index (χ1n) is 6.40. The molecule has 0 radical (unpaired) electrons. The molecule has 0 saturated heterocycles. The highest BCUT2D eigenvalue weighted by Crippen LogP contribution is 2.27. The van der Waals surface area contributed by atoms with E-state index in [0.717, 1.165) is 10.6 Å². The normalized spacial score (nSPS) is 10.9. The zero-order valence-corrected chi connectivity index (χ0v) is 12.0. The minimum absolute atomic E-state index is 0.0961. The second-order valence-electron chi connectivity index (χ2n) is 4.66. The summed E-state index contributed by atoms with van der Waals surface area (Å²) in [6.07, 6.45) is 0. The molecule has 0 fully saturated rings. The summed E-state index contributed by atoms with van der Waals surface area (Å²) in [7, 11) is 0. The average Bonchev–Trinajstić information content (AvgIpc) is 3.10. The fourth-order valence-electron chi connectivity index (χ4n) is 2.12. The van der Waals surface area contributed by atoms with Gasteiger partial charge in [0.15, 0.2) is 0 Å². The SMILES string of the molecule is Cc1ccc(Cn2nnc(CO)c2-c2cccs2)cc1. The van der Waals surface area contributed by atoms with Crippen LogP contribution in [0.25, 0.3) is 10.6 Å². The van der Waals surface area contributed by atoms with Crippen molar-refractivity contribution in [1.82, 2.24) is 15.0 Å². The molecule has 0 spiro atoms. The Bertz CT molecular complexity index is 686. The lowest BCUT2D eigenvalue weighted by atomic mass is 10.1. The Morgan fingerprint density at radius 3 is 2.65 bits per heavy atom. The van der Waals surface area contributed by atoms with Gasteiger partial charge in [-0.3, -0.25) is 0 Å². The van der Waals surface area contributed by atoms with Crippen LogP contribution < -0.4 is 0 Å². The summed E-state index contributed by atoms with van der Waals surface area (Å²) in [5.41, 5.74) is 3.94. The number of hydrogen-bond donors (Lipinski definition) is 1. The van der Waals surface area contributed by atoms with Crippen LogP contribution in [0.3, 0.4) is 0 Å². The molecule has 1 aromatic carbocycles. The van der Waals surface area contributed by atoms with Gasteiger partial charge < -0.3 is 5.11 Å². The number of hydrogen-bond acceptors (Lipinski definition) is 4. The highest BCUT2D eigenvalue weighted by Gasteiger charge is 2.15. The van der Waals surface area contributed by atoms with Crippen molar-refractivity contribution in [3.8, 4) is 10.6 Å². The molecule has 2 heterocycles. The van der Waals surface area contributed by atoms with Crippen LogP contribution in [0, 0.1) is 6.92 Å². The molecular weight excluding hydrogens is 270 g/mol. The number of benzene rings is 1. The minimum Gasteiger partial charge on any atom is -0.390 e. The lowest BCUT2D eigenvalue weighted by Crippen LogP contribution is -2.04. The number of nitrogens with zero attached hydrogens (tertiary/aromatic N) is 3. The Labute approximate surface area is 121 Å². The lowest BCUT2D eigenvalue weighted by molar-refractivity contribution is 0.277. The summed E-state index contributed by atoms with van der Waals surface area (Å²) >= 11 is 1.63. The molecule has 0 aliphatic rings. The number of rotatable bonds is 4. The largest absolute Gasteiger partial charge is 0.390 e. The third kappa shape index (κ3) is 2.50. The Kier molecular flexibility index (Phi) is 3.62. The van der Waals surface area contributed by atoms with Crippen LogP contribution in [0.1, 0.15) is 16.8 Å². The quantitative estimate of drug-likeness (QED) is 0.802. The van der Waals surface area contributed by atoms with Crippen LogP contribution >= 0.6 is 11.3 Å². The first-order valence-corrected chi connectivity index (χ1v) is 7.28. The Morgan fingerprint density at radius 2 is 2.00 bits per heavy atom. The minimum atomic E-state index is -0.0961.